The largest absolute Gasteiger partial charge is 0.497 e. The number of hydrogen-bond acceptors (Lipinski definition) is 5. The van der Waals surface area contributed by atoms with E-state index in [4.69, 9.17) is 4.74 Å². The molecule has 1 aliphatic rings. The fourth-order valence-electron chi connectivity index (χ4n) is 3.00. The lowest BCUT2D eigenvalue weighted by molar-refractivity contribution is 0.0537. The number of thiazole rings is 1. The van der Waals surface area contributed by atoms with E-state index in [1.54, 1.807) is 24.1 Å². The highest BCUT2D eigenvalue weighted by Crippen LogP contribution is 2.22. The molecular formula is C19H23N3O3S. The van der Waals surface area contributed by atoms with Gasteiger partial charge in [0.15, 0.2) is 0 Å². The van der Waals surface area contributed by atoms with Crippen molar-refractivity contribution in [2.75, 3.05) is 33.3 Å². The molecule has 0 N–H and O–H groups in total. The maximum atomic E-state index is 12.8. The monoisotopic (exact) mass is 373 g/mol. The third kappa shape index (κ3) is 3.72. The lowest BCUT2D eigenvalue weighted by atomic mass is 10.1. The van der Waals surface area contributed by atoms with Gasteiger partial charge in [0.1, 0.15) is 10.6 Å². The number of benzene rings is 1. The Kier molecular flexibility index (Phi) is 5.56. The summed E-state index contributed by atoms with van der Waals surface area (Å²) in [5.74, 6) is 0.656. The molecule has 0 radical (unpaired) electrons. The minimum absolute atomic E-state index is 0.0215. The number of nitrogens with zero attached hydrogens (tertiary/aromatic N) is 3. The average molecular weight is 373 g/mol. The zero-order valence-electron chi connectivity index (χ0n) is 15.3. The van der Waals surface area contributed by atoms with Crippen LogP contribution in [0, 0.1) is 6.92 Å². The summed E-state index contributed by atoms with van der Waals surface area (Å²) in [6.07, 6.45) is 0.835. The zero-order valence-corrected chi connectivity index (χ0v) is 16.1. The van der Waals surface area contributed by atoms with Crippen LogP contribution in [-0.4, -0.2) is 59.9 Å². The maximum Gasteiger partial charge on any atom is 0.265 e. The maximum absolute atomic E-state index is 12.8. The number of ether oxygens (including phenoxy) is 1. The lowest BCUT2D eigenvalue weighted by Gasteiger charge is -2.34. The van der Waals surface area contributed by atoms with E-state index in [1.807, 2.05) is 30.9 Å². The molecule has 0 bridgehead atoms. The van der Waals surface area contributed by atoms with Gasteiger partial charge in [-0.25, -0.2) is 4.98 Å². The second kappa shape index (κ2) is 7.86. The standard InChI is InChI=1S/C19H23N3O3S/c1-4-16-20-13(2)17(26-16)19(24)22-10-8-21(9-11-22)18(23)14-6-5-7-15(12-14)25-3/h5-7,12H,4,8-11H2,1-3H3. The summed E-state index contributed by atoms with van der Waals surface area (Å²) in [6.45, 7) is 6.04. The number of aryl methyl sites for hydroxylation is 2. The highest BCUT2D eigenvalue weighted by Gasteiger charge is 2.27. The predicted molar refractivity (Wildman–Crippen MR) is 101 cm³/mol. The number of rotatable bonds is 4. The van der Waals surface area contributed by atoms with E-state index in [0.717, 1.165) is 22.0 Å². The third-order valence-corrected chi connectivity index (χ3v) is 5.80. The van der Waals surface area contributed by atoms with Crippen molar-refractivity contribution in [2.45, 2.75) is 20.3 Å². The molecule has 3 rings (SSSR count). The van der Waals surface area contributed by atoms with Gasteiger partial charge in [0.25, 0.3) is 11.8 Å². The number of carbonyl (C=O) groups is 2. The Morgan fingerprint density at radius 3 is 2.38 bits per heavy atom. The second-order valence-corrected chi connectivity index (χ2v) is 7.28. The van der Waals surface area contributed by atoms with Crippen LogP contribution in [0.25, 0.3) is 0 Å². The van der Waals surface area contributed by atoms with Gasteiger partial charge in [0.05, 0.1) is 17.8 Å². The molecule has 7 heteroatoms. The highest BCUT2D eigenvalue weighted by atomic mass is 32.1. The topological polar surface area (TPSA) is 62.7 Å². The van der Waals surface area contributed by atoms with Crippen molar-refractivity contribution in [1.29, 1.82) is 0 Å². The number of methoxy groups -OCH3 is 1. The molecule has 2 aromatic rings. The van der Waals surface area contributed by atoms with Crippen LogP contribution in [0.15, 0.2) is 24.3 Å². The molecule has 0 unspecified atom stereocenters. The Balaban J connectivity index is 1.64. The van der Waals surface area contributed by atoms with Gasteiger partial charge in [-0.05, 0) is 31.5 Å². The van der Waals surface area contributed by atoms with Crippen molar-refractivity contribution in [2.24, 2.45) is 0 Å². The number of aromatic nitrogens is 1. The minimum atomic E-state index is -0.0294. The number of carbonyl (C=O) groups excluding carboxylic acids is 2. The molecule has 0 spiro atoms. The summed E-state index contributed by atoms with van der Waals surface area (Å²) in [4.78, 5) is 34.2. The zero-order chi connectivity index (χ0) is 18.7. The number of piperazine rings is 1. The van der Waals surface area contributed by atoms with Crippen LogP contribution in [0.1, 0.15) is 37.7 Å². The van der Waals surface area contributed by atoms with Crippen LogP contribution in [-0.2, 0) is 6.42 Å². The summed E-state index contributed by atoms with van der Waals surface area (Å²) in [7, 11) is 1.58. The Morgan fingerprint density at radius 1 is 1.15 bits per heavy atom. The van der Waals surface area contributed by atoms with E-state index in [9.17, 15) is 9.59 Å². The molecule has 1 aromatic heterocycles. The van der Waals surface area contributed by atoms with Crippen molar-refractivity contribution in [3.05, 3.63) is 45.4 Å². The molecule has 0 aliphatic carbocycles. The molecule has 1 aromatic carbocycles. The number of hydrogen-bond donors (Lipinski definition) is 0. The molecule has 2 amide bonds. The van der Waals surface area contributed by atoms with Crippen molar-refractivity contribution in [1.82, 2.24) is 14.8 Å². The van der Waals surface area contributed by atoms with Gasteiger partial charge in [-0.1, -0.05) is 13.0 Å². The summed E-state index contributed by atoms with van der Waals surface area (Å²) in [5, 5.41) is 0.984. The quantitative estimate of drug-likeness (QED) is 0.826. The Hall–Kier alpha value is -2.41. The summed E-state index contributed by atoms with van der Waals surface area (Å²) in [6, 6.07) is 7.15. The first-order chi connectivity index (χ1) is 12.5. The van der Waals surface area contributed by atoms with Gasteiger partial charge >= 0.3 is 0 Å². The van der Waals surface area contributed by atoms with Gasteiger partial charge in [-0.2, -0.15) is 0 Å². The fourth-order valence-corrected chi connectivity index (χ4v) is 3.97. The molecule has 26 heavy (non-hydrogen) atoms. The van der Waals surface area contributed by atoms with E-state index in [2.05, 4.69) is 4.98 Å². The first kappa shape index (κ1) is 18.4. The molecule has 1 aliphatic heterocycles. The van der Waals surface area contributed by atoms with E-state index < -0.39 is 0 Å². The van der Waals surface area contributed by atoms with E-state index in [1.165, 1.54) is 11.3 Å². The second-order valence-electron chi connectivity index (χ2n) is 6.19. The first-order valence-corrected chi connectivity index (χ1v) is 9.54. The summed E-state index contributed by atoms with van der Waals surface area (Å²) >= 11 is 1.47. The predicted octanol–water partition coefficient (Wildman–Crippen LogP) is 2.62. The van der Waals surface area contributed by atoms with Gasteiger partial charge in [-0.3, -0.25) is 9.59 Å². The normalized spacial score (nSPS) is 14.4. The van der Waals surface area contributed by atoms with Gasteiger partial charge in [0, 0.05) is 31.7 Å². The SMILES string of the molecule is CCc1nc(C)c(C(=O)N2CCN(C(=O)c3cccc(OC)c3)CC2)s1. The van der Waals surface area contributed by atoms with Crippen LogP contribution in [0.4, 0.5) is 0 Å². The molecule has 1 saturated heterocycles. The van der Waals surface area contributed by atoms with E-state index in [-0.39, 0.29) is 11.8 Å². The van der Waals surface area contributed by atoms with Crippen molar-refractivity contribution in [3.63, 3.8) is 0 Å². The fraction of sp³-hybridized carbons (Fsp3) is 0.421. The lowest BCUT2D eigenvalue weighted by Crippen LogP contribution is -2.50. The van der Waals surface area contributed by atoms with Crippen LogP contribution >= 0.6 is 11.3 Å². The third-order valence-electron chi connectivity index (χ3n) is 4.51. The van der Waals surface area contributed by atoms with Crippen molar-refractivity contribution < 1.29 is 14.3 Å². The van der Waals surface area contributed by atoms with E-state index >= 15 is 0 Å². The molecule has 0 saturated carbocycles. The van der Waals surface area contributed by atoms with E-state index in [0.29, 0.717) is 37.5 Å². The van der Waals surface area contributed by atoms with Crippen molar-refractivity contribution in [3.8, 4) is 5.75 Å². The van der Waals surface area contributed by atoms with Crippen LogP contribution < -0.4 is 4.74 Å². The molecule has 6 nitrogen and oxygen atoms in total. The Morgan fingerprint density at radius 2 is 1.81 bits per heavy atom. The van der Waals surface area contributed by atoms with Gasteiger partial charge < -0.3 is 14.5 Å². The summed E-state index contributed by atoms with van der Waals surface area (Å²) in [5.41, 5.74) is 1.40. The van der Waals surface area contributed by atoms with Crippen molar-refractivity contribution >= 4 is 23.2 Å². The average Bonchev–Trinajstić information content (AvgIpc) is 3.07. The first-order valence-electron chi connectivity index (χ1n) is 8.72. The smallest absolute Gasteiger partial charge is 0.265 e. The van der Waals surface area contributed by atoms with Gasteiger partial charge in [-0.15, -0.1) is 11.3 Å². The van der Waals surface area contributed by atoms with Crippen LogP contribution in [0.5, 0.6) is 5.75 Å². The highest BCUT2D eigenvalue weighted by molar-refractivity contribution is 7.13. The molecule has 2 heterocycles. The Bertz CT molecular complexity index is 810. The molecule has 138 valence electrons. The molecule has 1 fully saturated rings. The minimum Gasteiger partial charge on any atom is -0.497 e. The van der Waals surface area contributed by atoms with Crippen LogP contribution in [0.3, 0.4) is 0 Å². The number of amides is 2. The summed E-state index contributed by atoms with van der Waals surface area (Å²) < 4.78 is 5.18. The Labute approximate surface area is 157 Å². The molecule has 0 atom stereocenters. The van der Waals surface area contributed by atoms with Crippen LogP contribution in [0.2, 0.25) is 0 Å². The van der Waals surface area contributed by atoms with Gasteiger partial charge in [0.2, 0.25) is 0 Å². The molecular weight excluding hydrogens is 350 g/mol.